The van der Waals surface area contributed by atoms with Crippen molar-refractivity contribution in [3.63, 3.8) is 0 Å². The molecule has 1 aliphatic rings. The predicted octanol–water partition coefficient (Wildman–Crippen LogP) is 2.64. The second-order valence-corrected chi connectivity index (χ2v) is 8.08. The van der Waals surface area contributed by atoms with E-state index in [2.05, 4.69) is 5.32 Å². The molecule has 1 heterocycles. The zero-order chi connectivity index (χ0) is 18.9. The fourth-order valence-electron chi connectivity index (χ4n) is 2.98. The highest BCUT2D eigenvalue weighted by atomic mass is 32.2. The lowest BCUT2D eigenvalue weighted by atomic mass is 10.1. The van der Waals surface area contributed by atoms with Crippen LogP contribution < -0.4 is 14.4 Å². The van der Waals surface area contributed by atoms with Crippen LogP contribution in [0.2, 0.25) is 0 Å². The summed E-state index contributed by atoms with van der Waals surface area (Å²) in [6.07, 6.45) is 0. The Kier molecular flexibility index (Phi) is 4.91. The van der Waals surface area contributed by atoms with Gasteiger partial charge in [0.1, 0.15) is 12.4 Å². The van der Waals surface area contributed by atoms with Crippen LogP contribution in [0.15, 0.2) is 41.3 Å². The normalized spacial score (nSPS) is 14.0. The fourth-order valence-corrected chi connectivity index (χ4v) is 4.54. The molecular formula is C19H22N2O4S. The molecule has 0 saturated carbocycles. The highest BCUT2D eigenvalue weighted by Gasteiger charge is 2.27. The van der Waals surface area contributed by atoms with Crippen molar-refractivity contribution in [2.45, 2.75) is 25.7 Å². The van der Waals surface area contributed by atoms with Gasteiger partial charge >= 0.3 is 0 Å². The Bertz CT molecular complexity index is 954. The number of fused-ring (bicyclic) bond motifs is 1. The van der Waals surface area contributed by atoms with E-state index in [1.54, 1.807) is 13.0 Å². The summed E-state index contributed by atoms with van der Waals surface area (Å²) in [5, 5.41) is 2.70. The Morgan fingerprint density at radius 2 is 1.92 bits per heavy atom. The Morgan fingerprint density at radius 1 is 1.15 bits per heavy atom. The van der Waals surface area contributed by atoms with Gasteiger partial charge in [-0.25, -0.2) is 8.42 Å². The van der Waals surface area contributed by atoms with Crippen molar-refractivity contribution in [2.75, 3.05) is 24.0 Å². The molecule has 0 aromatic heterocycles. The van der Waals surface area contributed by atoms with E-state index in [0.29, 0.717) is 24.6 Å². The number of carbonyl (C=O) groups excluding carboxylic acids is 1. The van der Waals surface area contributed by atoms with Crippen molar-refractivity contribution in [3.8, 4) is 5.75 Å². The summed E-state index contributed by atoms with van der Waals surface area (Å²) in [5.41, 5.74) is 2.73. The topological polar surface area (TPSA) is 75.7 Å². The molecule has 0 saturated heterocycles. The third-order valence-corrected chi connectivity index (χ3v) is 6.23. The molecule has 1 N–H and O–H groups in total. The van der Waals surface area contributed by atoms with Gasteiger partial charge in [0.15, 0.2) is 0 Å². The maximum atomic E-state index is 13.3. The van der Waals surface area contributed by atoms with Crippen molar-refractivity contribution >= 4 is 21.6 Å². The molecule has 2 aromatic rings. The summed E-state index contributed by atoms with van der Waals surface area (Å²) in [6.45, 7) is 6.62. The number of nitrogens with one attached hydrogen (secondary N) is 1. The Morgan fingerprint density at radius 3 is 2.65 bits per heavy atom. The van der Waals surface area contributed by atoms with E-state index in [4.69, 9.17) is 4.74 Å². The molecule has 138 valence electrons. The summed E-state index contributed by atoms with van der Waals surface area (Å²) < 4.78 is 33.4. The summed E-state index contributed by atoms with van der Waals surface area (Å²) in [5.74, 6) is 0.0677. The van der Waals surface area contributed by atoms with Gasteiger partial charge in [0.05, 0.1) is 22.7 Å². The van der Waals surface area contributed by atoms with Crippen LogP contribution >= 0.6 is 0 Å². The van der Waals surface area contributed by atoms with E-state index < -0.39 is 10.0 Å². The number of amides is 1. The number of ether oxygens (including phenoxy) is 1. The maximum absolute atomic E-state index is 13.3. The molecule has 1 aliphatic heterocycles. The van der Waals surface area contributed by atoms with Crippen LogP contribution in [0.5, 0.6) is 5.75 Å². The summed E-state index contributed by atoms with van der Waals surface area (Å²) in [6, 6.07) is 10.1. The van der Waals surface area contributed by atoms with Crippen molar-refractivity contribution < 1.29 is 17.9 Å². The number of sulfonamides is 1. The minimum Gasteiger partial charge on any atom is -0.491 e. The standard InChI is InChI=1S/C19H22N2O4S/c1-4-21(17-11-13(2)5-6-14(17)3)26(23,24)15-7-8-18-16(12-15)19(22)20-9-10-25-18/h5-8,11-12H,4,9-10H2,1-3H3,(H,20,22). The zero-order valence-electron chi connectivity index (χ0n) is 15.1. The summed E-state index contributed by atoms with van der Waals surface area (Å²) in [7, 11) is -3.81. The predicted molar refractivity (Wildman–Crippen MR) is 100 cm³/mol. The number of nitrogens with zero attached hydrogens (tertiary/aromatic N) is 1. The third kappa shape index (κ3) is 3.26. The van der Waals surface area contributed by atoms with E-state index in [1.807, 2.05) is 32.0 Å². The van der Waals surface area contributed by atoms with E-state index >= 15 is 0 Å². The monoisotopic (exact) mass is 374 g/mol. The van der Waals surface area contributed by atoms with E-state index in [-0.39, 0.29) is 22.9 Å². The molecule has 0 spiro atoms. The Balaban J connectivity index is 2.09. The van der Waals surface area contributed by atoms with Crippen molar-refractivity contribution in [1.29, 1.82) is 0 Å². The highest BCUT2D eigenvalue weighted by Crippen LogP contribution is 2.30. The van der Waals surface area contributed by atoms with Gasteiger partial charge in [0.2, 0.25) is 0 Å². The van der Waals surface area contributed by atoms with Gasteiger partial charge in [-0.1, -0.05) is 12.1 Å². The first-order chi connectivity index (χ1) is 12.3. The van der Waals surface area contributed by atoms with E-state index in [9.17, 15) is 13.2 Å². The van der Waals surface area contributed by atoms with E-state index in [1.165, 1.54) is 16.4 Å². The zero-order valence-corrected chi connectivity index (χ0v) is 15.9. The van der Waals surface area contributed by atoms with Gasteiger partial charge in [-0.3, -0.25) is 9.10 Å². The smallest absolute Gasteiger partial charge is 0.264 e. The fraction of sp³-hybridized carbons (Fsp3) is 0.316. The lowest BCUT2D eigenvalue weighted by molar-refractivity contribution is 0.0957. The molecule has 26 heavy (non-hydrogen) atoms. The first kappa shape index (κ1) is 18.3. The molecule has 0 bridgehead atoms. The number of anilines is 1. The molecule has 0 aliphatic carbocycles. The van der Waals surface area contributed by atoms with Crippen LogP contribution in [0, 0.1) is 13.8 Å². The van der Waals surface area contributed by atoms with E-state index in [0.717, 1.165) is 11.1 Å². The quantitative estimate of drug-likeness (QED) is 0.893. The van der Waals surface area contributed by atoms with Gasteiger partial charge in [-0.15, -0.1) is 0 Å². The van der Waals surface area contributed by atoms with Crippen LogP contribution in [0.4, 0.5) is 5.69 Å². The summed E-state index contributed by atoms with van der Waals surface area (Å²) in [4.78, 5) is 12.3. The van der Waals surface area contributed by atoms with Crippen LogP contribution in [-0.4, -0.2) is 34.0 Å². The molecule has 0 radical (unpaired) electrons. The van der Waals surface area contributed by atoms with Crippen molar-refractivity contribution in [3.05, 3.63) is 53.1 Å². The van der Waals surface area contributed by atoms with Crippen molar-refractivity contribution in [1.82, 2.24) is 5.32 Å². The first-order valence-corrected chi connectivity index (χ1v) is 9.93. The number of aryl methyl sites for hydroxylation is 2. The van der Waals surface area contributed by atoms with Gasteiger partial charge < -0.3 is 10.1 Å². The second-order valence-electron chi connectivity index (χ2n) is 6.22. The van der Waals surface area contributed by atoms with Gasteiger partial charge in [0.25, 0.3) is 15.9 Å². The average molecular weight is 374 g/mol. The average Bonchev–Trinajstić information content (AvgIpc) is 2.79. The van der Waals surface area contributed by atoms with Gasteiger partial charge in [-0.2, -0.15) is 0 Å². The van der Waals surface area contributed by atoms with Crippen molar-refractivity contribution in [2.24, 2.45) is 0 Å². The molecule has 1 amide bonds. The number of hydrogen-bond acceptors (Lipinski definition) is 4. The molecule has 2 aromatic carbocycles. The Hall–Kier alpha value is -2.54. The second kappa shape index (κ2) is 6.99. The molecule has 0 atom stereocenters. The third-order valence-electron chi connectivity index (χ3n) is 4.35. The number of benzene rings is 2. The molecule has 0 fully saturated rings. The number of carbonyl (C=O) groups is 1. The van der Waals surface area contributed by atoms with Gasteiger partial charge in [-0.05, 0) is 56.2 Å². The number of rotatable bonds is 4. The SMILES string of the molecule is CCN(c1cc(C)ccc1C)S(=O)(=O)c1ccc2c(c1)C(=O)NCCO2. The summed E-state index contributed by atoms with van der Waals surface area (Å²) >= 11 is 0. The van der Waals surface area contributed by atoms with Crippen LogP contribution in [0.1, 0.15) is 28.4 Å². The lowest BCUT2D eigenvalue weighted by Gasteiger charge is -2.25. The largest absolute Gasteiger partial charge is 0.491 e. The lowest BCUT2D eigenvalue weighted by Crippen LogP contribution is -2.31. The Labute approximate surface area is 153 Å². The molecule has 0 unspecified atom stereocenters. The molecule has 6 nitrogen and oxygen atoms in total. The molecule has 3 rings (SSSR count). The number of hydrogen-bond donors (Lipinski definition) is 1. The van der Waals surface area contributed by atoms with Crippen LogP contribution in [-0.2, 0) is 10.0 Å². The molecular weight excluding hydrogens is 352 g/mol. The first-order valence-electron chi connectivity index (χ1n) is 8.49. The molecule has 7 heteroatoms. The maximum Gasteiger partial charge on any atom is 0.264 e. The van der Waals surface area contributed by atoms with Crippen LogP contribution in [0.3, 0.4) is 0 Å². The highest BCUT2D eigenvalue weighted by molar-refractivity contribution is 7.92. The minimum atomic E-state index is -3.81. The van der Waals surface area contributed by atoms with Crippen LogP contribution in [0.25, 0.3) is 0 Å². The van der Waals surface area contributed by atoms with Gasteiger partial charge in [0, 0.05) is 6.54 Å². The minimum absolute atomic E-state index is 0.0691.